The van der Waals surface area contributed by atoms with Crippen molar-refractivity contribution < 1.29 is 13.3 Å². The van der Waals surface area contributed by atoms with Crippen LogP contribution in [0.3, 0.4) is 0 Å². The maximum Gasteiger partial charge on any atom is 0.287 e. The quantitative estimate of drug-likeness (QED) is 0.664. The van der Waals surface area contributed by atoms with E-state index in [0.29, 0.717) is 6.42 Å². The van der Waals surface area contributed by atoms with E-state index >= 15 is 0 Å². The number of hydrogen-bond acceptors (Lipinski definition) is 5. The lowest BCUT2D eigenvalue weighted by atomic mass is 10.1. The van der Waals surface area contributed by atoms with Gasteiger partial charge < -0.3 is 5.32 Å². The molecule has 0 saturated heterocycles. The molecule has 0 amide bonds. The summed E-state index contributed by atoms with van der Waals surface area (Å²) in [4.78, 5) is 10.3. The molecule has 3 atom stereocenters. The molecule has 0 heterocycles. The number of benzene rings is 1. The Hall–Kier alpha value is -1.47. The minimum Gasteiger partial charge on any atom is -0.314 e. The van der Waals surface area contributed by atoms with E-state index in [9.17, 15) is 18.5 Å². The summed E-state index contributed by atoms with van der Waals surface area (Å²) in [5.74, 6) is -0.0604. The van der Waals surface area contributed by atoms with Gasteiger partial charge in [-0.2, -0.15) is 0 Å². The van der Waals surface area contributed by atoms with Crippen LogP contribution < -0.4 is 5.32 Å². The van der Waals surface area contributed by atoms with E-state index < -0.39 is 20.0 Å². The Morgan fingerprint density at radius 2 is 2.00 bits per heavy atom. The molecule has 2 rings (SSSR count). The highest BCUT2D eigenvalue weighted by Gasteiger charge is 2.43. The normalized spacial score (nSPS) is 25.9. The molecule has 7 heteroatoms. The van der Waals surface area contributed by atoms with Gasteiger partial charge in [-0.1, -0.05) is 26.0 Å². The summed E-state index contributed by atoms with van der Waals surface area (Å²) in [6, 6.07) is 5.74. The molecule has 0 aromatic heterocycles. The molecule has 1 saturated carbocycles. The Morgan fingerprint density at radius 3 is 2.62 bits per heavy atom. The third-order valence-electron chi connectivity index (χ3n) is 4.22. The third kappa shape index (κ3) is 2.94. The van der Waals surface area contributed by atoms with E-state index in [1.807, 2.05) is 13.8 Å². The smallest absolute Gasteiger partial charge is 0.287 e. The van der Waals surface area contributed by atoms with Crippen molar-refractivity contribution in [2.24, 2.45) is 5.92 Å². The molecule has 1 aliphatic carbocycles. The number of nitrogens with one attached hydrogen (secondary N) is 1. The first-order valence-electron chi connectivity index (χ1n) is 7.10. The molecule has 3 unspecified atom stereocenters. The van der Waals surface area contributed by atoms with E-state index in [2.05, 4.69) is 5.32 Å². The van der Waals surface area contributed by atoms with Crippen LogP contribution in [0, 0.1) is 16.0 Å². The first kappa shape index (κ1) is 15.9. The van der Waals surface area contributed by atoms with Gasteiger partial charge in [0, 0.05) is 12.1 Å². The Labute approximate surface area is 124 Å². The Balaban J connectivity index is 2.38. The number of rotatable bonds is 5. The van der Waals surface area contributed by atoms with Gasteiger partial charge in [0.05, 0.1) is 10.2 Å². The van der Waals surface area contributed by atoms with Crippen LogP contribution in [-0.2, 0) is 9.84 Å². The number of hydrogen-bond donors (Lipinski definition) is 1. The first-order valence-corrected chi connectivity index (χ1v) is 8.65. The van der Waals surface area contributed by atoms with E-state index in [4.69, 9.17) is 0 Å². The van der Waals surface area contributed by atoms with Crippen LogP contribution in [0.15, 0.2) is 29.2 Å². The first-order chi connectivity index (χ1) is 9.89. The maximum atomic E-state index is 12.8. The average Bonchev–Trinajstić information content (AvgIpc) is 2.81. The highest BCUT2D eigenvalue weighted by molar-refractivity contribution is 7.92. The van der Waals surface area contributed by atoms with Gasteiger partial charge in [-0.25, -0.2) is 8.42 Å². The summed E-state index contributed by atoms with van der Waals surface area (Å²) in [6.07, 6.45) is 1.31. The summed E-state index contributed by atoms with van der Waals surface area (Å²) >= 11 is 0. The summed E-state index contributed by atoms with van der Waals surface area (Å²) < 4.78 is 25.6. The number of para-hydroxylation sites is 1. The molecule has 1 N–H and O–H groups in total. The van der Waals surface area contributed by atoms with Crippen LogP contribution in [-0.4, -0.2) is 31.2 Å². The Bertz CT molecular complexity index is 630. The number of nitro groups is 1. The minimum absolute atomic E-state index is 0.0604. The molecule has 116 valence electrons. The van der Waals surface area contributed by atoms with Crippen molar-refractivity contribution in [3.05, 3.63) is 34.4 Å². The largest absolute Gasteiger partial charge is 0.314 e. The van der Waals surface area contributed by atoms with Crippen LogP contribution in [0.5, 0.6) is 0 Å². The molecule has 1 aliphatic rings. The van der Waals surface area contributed by atoms with Gasteiger partial charge >= 0.3 is 0 Å². The van der Waals surface area contributed by atoms with Gasteiger partial charge in [0.2, 0.25) is 0 Å². The van der Waals surface area contributed by atoms with Gasteiger partial charge in [0.15, 0.2) is 9.84 Å². The van der Waals surface area contributed by atoms with Crippen molar-refractivity contribution in [2.75, 3.05) is 6.54 Å². The second kappa shape index (κ2) is 6.11. The van der Waals surface area contributed by atoms with Gasteiger partial charge in [0.1, 0.15) is 4.90 Å². The van der Waals surface area contributed by atoms with Gasteiger partial charge in [-0.05, 0) is 31.4 Å². The second-order valence-electron chi connectivity index (χ2n) is 5.41. The van der Waals surface area contributed by atoms with Crippen molar-refractivity contribution in [1.82, 2.24) is 5.32 Å². The molecule has 1 aromatic carbocycles. The molecule has 0 radical (unpaired) electrons. The van der Waals surface area contributed by atoms with Crippen molar-refractivity contribution in [1.29, 1.82) is 0 Å². The van der Waals surface area contributed by atoms with Crippen LogP contribution in [0.1, 0.15) is 26.7 Å². The molecule has 0 spiro atoms. The standard InChI is InChI=1S/C14H20N2O4S/c1-3-15-11-8-9-13(10(11)2)21(19,20)14-7-5-4-6-12(14)16(17)18/h4-7,10-11,13,15H,3,8-9H2,1-2H3. The summed E-state index contributed by atoms with van der Waals surface area (Å²) in [6.45, 7) is 4.67. The summed E-state index contributed by atoms with van der Waals surface area (Å²) in [5.41, 5.74) is -0.336. The van der Waals surface area contributed by atoms with Crippen LogP contribution in [0.25, 0.3) is 0 Å². The van der Waals surface area contributed by atoms with Crippen LogP contribution >= 0.6 is 0 Å². The monoisotopic (exact) mass is 312 g/mol. The molecule has 1 aromatic rings. The maximum absolute atomic E-state index is 12.8. The highest BCUT2D eigenvalue weighted by Crippen LogP contribution is 2.37. The van der Waals surface area contributed by atoms with Gasteiger partial charge in [-0.15, -0.1) is 0 Å². The zero-order chi connectivity index (χ0) is 15.6. The summed E-state index contributed by atoms with van der Waals surface area (Å²) in [5, 5.41) is 13.8. The Morgan fingerprint density at radius 1 is 1.33 bits per heavy atom. The van der Waals surface area contributed by atoms with E-state index in [0.717, 1.165) is 13.0 Å². The van der Waals surface area contributed by atoms with E-state index in [1.165, 1.54) is 24.3 Å². The zero-order valence-corrected chi connectivity index (χ0v) is 13.0. The number of sulfone groups is 1. The summed E-state index contributed by atoms with van der Waals surface area (Å²) in [7, 11) is -3.70. The predicted octanol–water partition coefficient (Wildman–Crippen LogP) is 2.15. The molecule has 1 fully saturated rings. The molecule has 6 nitrogen and oxygen atoms in total. The van der Waals surface area contributed by atoms with Crippen molar-refractivity contribution >= 4 is 15.5 Å². The molecule has 21 heavy (non-hydrogen) atoms. The van der Waals surface area contributed by atoms with E-state index in [-0.39, 0.29) is 22.5 Å². The SMILES string of the molecule is CCNC1CCC(S(=O)(=O)c2ccccc2[N+](=O)[O-])C1C. The average molecular weight is 312 g/mol. The van der Waals surface area contributed by atoms with Crippen molar-refractivity contribution in [2.45, 2.75) is 42.9 Å². The molecule has 0 bridgehead atoms. The highest BCUT2D eigenvalue weighted by atomic mass is 32.2. The fourth-order valence-corrected chi connectivity index (χ4v) is 5.36. The van der Waals surface area contributed by atoms with E-state index in [1.54, 1.807) is 0 Å². The molecular formula is C14H20N2O4S. The number of nitrogens with zero attached hydrogens (tertiary/aromatic N) is 1. The second-order valence-corrected chi connectivity index (χ2v) is 7.54. The van der Waals surface area contributed by atoms with Gasteiger partial charge in [0.25, 0.3) is 5.69 Å². The van der Waals surface area contributed by atoms with Crippen LogP contribution in [0.2, 0.25) is 0 Å². The third-order valence-corrected chi connectivity index (χ3v) is 6.64. The molecule has 0 aliphatic heterocycles. The Kier molecular flexibility index (Phi) is 4.63. The van der Waals surface area contributed by atoms with Crippen molar-refractivity contribution in [3.63, 3.8) is 0 Å². The fraction of sp³-hybridized carbons (Fsp3) is 0.571. The van der Waals surface area contributed by atoms with Gasteiger partial charge in [-0.3, -0.25) is 10.1 Å². The predicted molar refractivity (Wildman–Crippen MR) is 79.9 cm³/mol. The topological polar surface area (TPSA) is 89.3 Å². The lowest BCUT2D eigenvalue weighted by Crippen LogP contribution is -2.36. The fourth-order valence-electron chi connectivity index (χ4n) is 3.13. The lowest BCUT2D eigenvalue weighted by Gasteiger charge is -2.21. The lowest BCUT2D eigenvalue weighted by molar-refractivity contribution is -0.387. The molecular weight excluding hydrogens is 292 g/mol. The zero-order valence-electron chi connectivity index (χ0n) is 12.2. The number of nitro benzene ring substituents is 1. The van der Waals surface area contributed by atoms with Crippen LogP contribution in [0.4, 0.5) is 5.69 Å². The minimum atomic E-state index is -3.70. The van der Waals surface area contributed by atoms with Crippen molar-refractivity contribution in [3.8, 4) is 0 Å².